The third-order valence-corrected chi connectivity index (χ3v) is 3.63. The molecule has 4 nitrogen and oxygen atoms in total. The van der Waals surface area contributed by atoms with Crippen LogP contribution in [0.1, 0.15) is 29.3 Å². The van der Waals surface area contributed by atoms with Crippen molar-refractivity contribution in [2.24, 2.45) is 5.10 Å². The number of halogens is 3. The first kappa shape index (κ1) is 18.9. The zero-order chi connectivity index (χ0) is 18.2. The number of benzene rings is 2. The Bertz CT molecular complexity index is 732. The number of nitrogens with one attached hydrogen (secondary N) is 1. The first-order valence-corrected chi connectivity index (χ1v) is 7.94. The van der Waals surface area contributed by atoms with Gasteiger partial charge in [0.05, 0.1) is 0 Å². The van der Waals surface area contributed by atoms with Gasteiger partial charge in [0.15, 0.2) is 0 Å². The summed E-state index contributed by atoms with van der Waals surface area (Å²) in [7, 11) is 0. The minimum Gasteiger partial charge on any atom is -0.435 e. The maximum atomic E-state index is 12.1. The quantitative estimate of drug-likeness (QED) is 0.571. The summed E-state index contributed by atoms with van der Waals surface area (Å²) in [6.07, 6.45) is 1.29. The smallest absolute Gasteiger partial charge is 0.387 e. The van der Waals surface area contributed by atoms with Gasteiger partial charge >= 0.3 is 6.61 Å². The summed E-state index contributed by atoms with van der Waals surface area (Å²) >= 11 is 5.77. The van der Waals surface area contributed by atoms with E-state index < -0.39 is 6.61 Å². The van der Waals surface area contributed by atoms with Crippen molar-refractivity contribution in [3.8, 4) is 5.75 Å². The number of amides is 1. The molecule has 0 radical (unpaired) electrons. The maximum absolute atomic E-state index is 12.1. The van der Waals surface area contributed by atoms with E-state index >= 15 is 0 Å². The van der Waals surface area contributed by atoms with Crippen LogP contribution in [-0.4, -0.2) is 18.2 Å². The van der Waals surface area contributed by atoms with Crippen molar-refractivity contribution in [3.63, 3.8) is 0 Å². The van der Waals surface area contributed by atoms with Crippen LogP contribution >= 0.6 is 11.6 Å². The van der Waals surface area contributed by atoms with Crippen molar-refractivity contribution in [2.75, 3.05) is 0 Å². The SMILES string of the molecule is C/C(CCc1ccc(OC(F)F)cc1)=N/NC(=O)c1ccc(Cl)cc1. The second kappa shape index (κ2) is 9.13. The Balaban J connectivity index is 1.82. The Hall–Kier alpha value is -2.47. The molecule has 1 N–H and O–H groups in total. The third kappa shape index (κ3) is 6.51. The first-order valence-electron chi connectivity index (χ1n) is 7.57. The molecule has 0 saturated carbocycles. The lowest BCUT2D eigenvalue weighted by Crippen LogP contribution is -2.19. The lowest BCUT2D eigenvalue weighted by Gasteiger charge is -2.06. The molecule has 2 aromatic carbocycles. The fourth-order valence-electron chi connectivity index (χ4n) is 2.03. The van der Waals surface area contributed by atoms with Gasteiger partial charge in [0.2, 0.25) is 0 Å². The highest BCUT2D eigenvalue weighted by molar-refractivity contribution is 6.30. The average Bonchev–Trinajstić information content (AvgIpc) is 2.59. The Kier molecular flexibility index (Phi) is 6.89. The Morgan fingerprint density at radius 1 is 1.16 bits per heavy atom. The molecule has 0 unspecified atom stereocenters. The number of ether oxygens (including phenoxy) is 1. The van der Waals surface area contributed by atoms with Crippen LogP contribution in [0, 0.1) is 0 Å². The van der Waals surface area contributed by atoms with Crippen molar-refractivity contribution in [1.82, 2.24) is 5.43 Å². The molecule has 2 rings (SSSR count). The molecule has 0 aromatic heterocycles. The summed E-state index contributed by atoms with van der Waals surface area (Å²) in [6.45, 7) is -1.03. The number of nitrogens with zero attached hydrogens (tertiary/aromatic N) is 1. The van der Waals surface area contributed by atoms with Crippen LogP contribution < -0.4 is 10.2 Å². The highest BCUT2D eigenvalue weighted by Crippen LogP contribution is 2.16. The average molecular weight is 367 g/mol. The van der Waals surface area contributed by atoms with Crippen LogP contribution in [-0.2, 0) is 6.42 Å². The molecule has 7 heteroatoms. The van der Waals surface area contributed by atoms with Crippen molar-refractivity contribution >= 4 is 23.2 Å². The first-order chi connectivity index (χ1) is 11.9. The van der Waals surface area contributed by atoms with E-state index in [0.717, 1.165) is 11.3 Å². The molecule has 132 valence electrons. The molecule has 0 heterocycles. The molecule has 0 bridgehead atoms. The number of aryl methyl sites for hydroxylation is 1. The summed E-state index contributed by atoms with van der Waals surface area (Å²) in [5.74, 6) is -0.191. The van der Waals surface area contributed by atoms with Gasteiger partial charge in [-0.05, 0) is 61.7 Å². The van der Waals surface area contributed by atoms with Crippen LogP contribution in [0.15, 0.2) is 53.6 Å². The second-order valence-electron chi connectivity index (χ2n) is 5.32. The van der Waals surface area contributed by atoms with Gasteiger partial charge in [-0.1, -0.05) is 23.7 Å². The van der Waals surface area contributed by atoms with Crippen molar-refractivity contribution in [3.05, 3.63) is 64.7 Å². The predicted molar refractivity (Wildman–Crippen MR) is 93.4 cm³/mol. The number of rotatable bonds is 7. The van der Waals surface area contributed by atoms with Crippen molar-refractivity contribution in [2.45, 2.75) is 26.4 Å². The molecule has 0 aliphatic heterocycles. The second-order valence-corrected chi connectivity index (χ2v) is 5.75. The lowest BCUT2D eigenvalue weighted by atomic mass is 10.1. The molecule has 1 amide bonds. The summed E-state index contributed by atoms with van der Waals surface area (Å²) in [5, 5.41) is 4.61. The van der Waals surface area contributed by atoms with Crippen molar-refractivity contribution < 1.29 is 18.3 Å². The highest BCUT2D eigenvalue weighted by atomic mass is 35.5. The standard InChI is InChI=1S/C18H17ClF2N2O2/c1-12(22-23-17(24)14-6-8-15(19)9-7-14)2-3-13-4-10-16(11-5-13)25-18(20)21/h4-11,18H,2-3H2,1H3,(H,23,24)/b22-12-. The van der Waals surface area contributed by atoms with Crippen LogP contribution in [0.3, 0.4) is 0 Å². The molecule has 0 fully saturated rings. The largest absolute Gasteiger partial charge is 0.435 e. The molecule has 2 aromatic rings. The fourth-order valence-corrected chi connectivity index (χ4v) is 2.16. The Morgan fingerprint density at radius 3 is 2.40 bits per heavy atom. The van der Waals surface area contributed by atoms with Gasteiger partial charge in [0.1, 0.15) is 5.75 Å². The number of alkyl halides is 2. The van der Waals surface area contributed by atoms with E-state index in [-0.39, 0.29) is 11.7 Å². The molecular weight excluding hydrogens is 350 g/mol. The van der Waals surface area contributed by atoms with E-state index in [0.29, 0.717) is 23.4 Å². The molecular formula is C18H17ClF2N2O2. The number of hydrogen-bond acceptors (Lipinski definition) is 3. The molecule has 0 spiro atoms. The normalized spacial score (nSPS) is 11.5. The van der Waals surface area contributed by atoms with E-state index in [2.05, 4.69) is 15.3 Å². The molecule has 0 aliphatic carbocycles. The van der Waals surface area contributed by atoms with Gasteiger partial charge in [-0.3, -0.25) is 4.79 Å². The van der Waals surface area contributed by atoms with Crippen LogP contribution in [0.25, 0.3) is 0 Å². The highest BCUT2D eigenvalue weighted by Gasteiger charge is 2.05. The third-order valence-electron chi connectivity index (χ3n) is 3.38. The van der Waals surface area contributed by atoms with E-state index in [1.54, 1.807) is 43.3 Å². The van der Waals surface area contributed by atoms with E-state index in [9.17, 15) is 13.6 Å². The van der Waals surface area contributed by atoms with Crippen molar-refractivity contribution in [1.29, 1.82) is 0 Å². The zero-order valence-corrected chi connectivity index (χ0v) is 14.3. The van der Waals surface area contributed by atoms with Gasteiger partial charge in [-0.15, -0.1) is 0 Å². The number of carbonyl (C=O) groups excluding carboxylic acids is 1. The predicted octanol–water partition coefficient (Wildman–Crippen LogP) is 4.68. The summed E-state index contributed by atoms with van der Waals surface area (Å²) in [6, 6.07) is 12.9. The maximum Gasteiger partial charge on any atom is 0.387 e. The van der Waals surface area contributed by atoms with Gasteiger partial charge in [-0.25, -0.2) is 5.43 Å². The monoisotopic (exact) mass is 366 g/mol. The van der Waals surface area contributed by atoms with Gasteiger partial charge in [-0.2, -0.15) is 13.9 Å². The Labute approximate surface area is 149 Å². The molecule has 0 atom stereocenters. The summed E-state index contributed by atoms with van der Waals surface area (Å²) in [5.41, 5.74) is 4.66. The number of carbonyl (C=O) groups is 1. The van der Waals surface area contributed by atoms with Crippen LogP contribution in [0.2, 0.25) is 5.02 Å². The van der Waals surface area contributed by atoms with E-state index in [1.807, 2.05) is 0 Å². The summed E-state index contributed by atoms with van der Waals surface area (Å²) in [4.78, 5) is 11.9. The van der Waals surface area contributed by atoms with Crippen LogP contribution in [0.4, 0.5) is 8.78 Å². The van der Waals surface area contributed by atoms with Gasteiger partial charge in [0, 0.05) is 16.3 Å². The fraction of sp³-hybridized carbons (Fsp3) is 0.222. The van der Waals surface area contributed by atoms with Gasteiger partial charge < -0.3 is 4.74 Å². The molecule has 25 heavy (non-hydrogen) atoms. The van der Waals surface area contributed by atoms with E-state index in [1.165, 1.54) is 12.1 Å². The number of hydrogen-bond donors (Lipinski definition) is 1. The minimum atomic E-state index is -2.83. The van der Waals surface area contributed by atoms with Crippen LogP contribution in [0.5, 0.6) is 5.75 Å². The topological polar surface area (TPSA) is 50.7 Å². The Morgan fingerprint density at radius 2 is 1.80 bits per heavy atom. The van der Waals surface area contributed by atoms with Gasteiger partial charge in [0.25, 0.3) is 5.91 Å². The summed E-state index contributed by atoms with van der Waals surface area (Å²) < 4.78 is 28.5. The molecule has 0 saturated heterocycles. The molecule has 0 aliphatic rings. The lowest BCUT2D eigenvalue weighted by molar-refractivity contribution is -0.0498. The number of hydrazone groups is 1. The minimum absolute atomic E-state index is 0.124. The zero-order valence-electron chi connectivity index (χ0n) is 13.5. The van der Waals surface area contributed by atoms with E-state index in [4.69, 9.17) is 11.6 Å².